The summed E-state index contributed by atoms with van der Waals surface area (Å²) in [6.07, 6.45) is 7.39. The summed E-state index contributed by atoms with van der Waals surface area (Å²) in [5.74, 6) is 0.924. The van der Waals surface area contributed by atoms with Crippen molar-refractivity contribution in [2.45, 2.75) is 58.6 Å². The number of halogens is 1. The van der Waals surface area contributed by atoms with Gasteiger partial charge in [-0.2, -0.15) is 0 Å². The van der Waals surface area contributed by atoms with Gasteiger partial charge in [0.1, 0.15) is 12.4 Å². The molecule has 0 aromatic heterocycles. The molecule has 0 bridgehead atoms. The first-order valence-electron chi connectivity index (χ1n) is 13.5. The Morgan fingerprint density at radius 2 is 1.72 bits per heavy atom. The Morgan fingerprint density at radius 3 is 2.44 bits per heavy atom. The van der Waals surface area contributed by atoms with Crippen LogP contribution in [0.15, 0.2) is 76.6 Å². The zero-order valence-electron chi connectivity index (χ0n) is 22.4. The van der Waals surface area contributed by atoms with E-state index >= 15 is 0 Å². The van der Waals surface area contributed by atoms with Crippen LogP contribution in [0.4, 0.5) is 10.1 Å². The first-order chi connectivity index (χ1) is 19.0. The average molecular weight is 545 g/mol. The van der Waals surface area contributed by atoms with Gasteiger partial charge in [0.15, 0.2) is 16.7 Å². The Balaban J connectivity index is 1.40. The van der Waals surface area contributed by atoms with Gasteiger partial charge >= 0.3 is 0 Å². The second-order valence-corrected chi connectivity index (χ2v) is 10.9. The SMILES string of the molecule is CCOc1cc(/C=C2/SC(=Nc3ccc(C)cc3)N(C3CCCCC3)C2=O)ccc1OCc1ccc(F)cc1. The van der Waals surface area contributed by atoms with E-state index in [1.165, 1.54) is 35.9 Å². The molecule has 0 atom stereocenters. The predicted molar refractivity (Wildman–Crippen MR) is 156 cm³/mol. The first kappa shape index (κ1) is 27.0. The van der Waals surface area contributed by atoms with Crippen molar-refractivity contribution in [2.24, 2.45) is 4.99 Å². The topological polar surface area (TPSA) is 51.1 Å². The van der Waals surface area contributed by atoms with E-state index in [0.29, 0.717) is 29.6 Å². The molecule has 2 fully saturated rings. The summed E-state index contributed by atoms with van der Waals surface area (Å²) in [5, 5.41) is 0.742. The summed E-state index contributed by atoms with van der Waals surface area (Å²) in [6, 6.07) is 20.1. The highest BCUT2D eigenvalue weighted by Gasteiger charge is 2.38. The highest BCUT2D eigenvalue weighted by Crippen LogP contribution is 2.39. The van der Waals surface area contributed by atoms with Crippen LogP contribution < -0.4 is 9.47 Å². The van der Waals surface area contributed by atoms with E-state index in [-0.39, 0.29) is 17.8 Å². The van der Waals surface area contributed by atoms with Crippen molar-refractivity contribution in [3.63, 3.8) is 0 Å². The molecule has 0 N–H and O–H groups in total. The number of ether oxygens (including phenoxy) is 2. The van der Waals surface area contributed by atoms with Crippen LogP contribution in [0.1, 0.15) is 55.7 Å². The highest BCUT2D eigenvalue weighted by molar-refractivity contribution is 8.18. The van der Waals surface area contributed by atoms with Gasteiger partial charge in [-0.15, -0.1) is 0 Å². The van der Waals surface area contributed by atoms with Crippen molar-refractivity contribution in [3.8, 4) is 11.5 Å². The fourth-order valence-electron chi connectivity index (χ4n) is 4.85. The molecule has 0 radical (unpaired) electrons. The normalized spacial score (nSPS) is 18.2. The smallest absolute Gasteiger partial charge is 0.267 e. The molecule has 0 unspecified atom stereocenters. The summed E-state index contributed by atoms with van der Waals surface area (Å²) >= 11 is 1.43. The number of thioether (sulfide) groups is 1. The Bertz CT molecular complexity index is 1360. The lowest BCUT2D eigenvalue weighted by Crippen LogP contribution is -2.40. The fourth-order valence-corrected chi connectivity index (χ4v) is 5.91. The highest BCUT2D eigenvalue weighted by atomic mass is 32.2. The monoisotopic (exact) mass is 544 g/mol. The number of aryl methyl sites for hydroxylation is 1. The Morgan fingerprint density at radius 1 is 0.974 bits per heavy atom. The lowest BCUT2D eigenvalue weighted by Gasteiger charge is -2.30. The van der Waals surface area contributed by atoms with Crippen molar-refractivity contribution in [2.75, 3.05) is 6.61 Å². The quantitative estimate of drug-likeness (QED) is 0.269. The zero-order chi connectivity index (χ0) is 27.2. The van der Waals surface area contributed by atoms with E-state index in [0.717, 1.165) is 47.7 Å². The van der Waals surface area contributed by atoms with Crippen LogP contribution in [0, 0.1) is 12.7 Å². The number of nitrogens with zero attached hydrogens (tertiary/aromatic N) is 2. The van der Waals surface area contributed by atoms with Crippen LogP contribution in [0.2, 0.25) is 0 Å². The number of aliphatic imine (C=N–C) groups is 1. The molecule has 7 heteroatoms. The molecule has 1 saturated carbocycles. The molecule has 39 heavy (non-hydrogen) atoms. The molecule has 1 aliphatic carbocycles. The Kier molecular flexibility index (Phi) is 8.67. The third-order valence-corrected chi connectivity index (χ3v) is 7.89. The molecule has 3 aromatic carbocycles. The number of amides is 1. The number of carbonyl (C=O) groups excluding carboxylic acids is 1. The van der Waals surface area contributed by atoms with E-state index in [1.54, 1.807) is 12.1 Å². The van der Waals surface area contributed by atoms with Crippen molar-refractivity contribution in [1.29, 1.82) is 0 Å². The standard InChI is InChI=1S/C32H33FN2O3S/c1-3-37-29-19-24(13-18-28(29)38-21-23-11-14-25(33)15-12-23)20-30-31(36)35(27-7-5-4-6-8-27)32(39-30)34-26-16-9-22(2)10-17-26/h9-20,27H,3-8,21H2,1-2H3/b30-20+,34-32?. The lowest BCUT2D eigenvalue weighted by molar-refractivity contribution is -0.124. The van der Waals surface area contributed by atoms with Crippen LogP contribution in [0.3, 0.4) is 0 Å². The molecule has 1 amide bonds. The van der Waals surface area contributed by atoms with E-state index in [9.17, 15) is 9.18 Å². The minimum Gasteiger partial charge on any atom is -0.490 e. The number of amidine groups is 1. The number of rotatable bonds is 8. The molecule has 1 saturated heterocycles. The van der Waals surface area contributed by atoms with Gasteiger partial charge < -0.3 is 9.47 Å². The van der Waals surface area contributed by atoms with Crippen LogP contribution >= 0.6 is 11.8 Å². The van der Waals surface area contributed by atoms with Gasteiger partial charge in [0.25, 0.3) is 5.91 Å². The van der Waals surface area contributed by atoms with Crippen molar-refractivity contribution in [3.05, 3.63) is 94.1 Å². The second-order valence-electron chi connectivity index (χ2n) is 9.86. The van der Waals surface area contributed by atoms with Crippen LogP contribution in [-0.4, -0.2) is 28.6 Å². The van der Waals surface area contributed by atoms with E-state index in [2.05, 4.69) is 6.92 Å². The maximum absolute atomic E-state index is 13.7. The Labute approximate surface area is 233 Å². The van der Waals surface area contributed by atoms with Gasteiger partial charge in [-0.05, 0) is 92.1 Å². The average Bonchev–Trinajstić information content (AvgIpc) is 3.25. The number of hydrogen-bond acceptors (Lipinski definition) is 5. The van der Waals surface area contributed by atoms with Gasteiger partial charge in [0, 0.05) is 6.04 Å². The molecule has 2 aliphatic rings. The molecule has 1 aliphatic heterocycles. The van der Waals surface area contributed by atoms with Gasteiger partial charge in [-0.3, -0.25) is 9.69 Å². The molecular weight excluding hydrogens is 511 g/mol. The van der Waals surface area contributed by atoms with Gasteiger partial charge in [0.2, 0.25) is 0 Å². The molecule has 202 valence electrons. The molecule has 0 spiro atoms. The van der Waals surface area contributed by atoms with E-state index < -0.39 is 0 Å². The van der Waals surface area contributed by atoms with E-state index in [4.69, 9.17) is 14.5 Å². The van der Waals surface area contributed by atoms with Gasteiger partial charge in [-0.25, -0.2) is 9.38 Å². The third-order valence-electron chi connectivity index (χ3n) is 6.91. The van der Waals surface area contributed by atoms with Crippen LogP contribution in [-0.2, 0) is 11.4 Å². The lowest BCUT2D eigenvalue weighted by atomic mass is 9.94. The summed E-state index contributed by atoms with van der Waals surface area (Å²) in [7, 11) is 0. The van der Waals surface area contributed by atoms with Crippen molar-refractivity contribution < 1.29 is 18.7 Å². The minimum atomic E-state index is -0.278. The summed E-state index contributed by atoms with van der Waals surface area (Å²) in [5.41, 5.74) is 3.73. The summed E-state index contributed by atoms with van der Waals surface area (Å²) in [6.45, 7) is 4.74. The fraction of sp³-hybridized carbons (Fsp3) is 0.312. The zero-order valence-corrected chi connectivity index (χ0v) is 23.2. The second kappa shape index (κ2) is 12.5. The number of carbonyl (C=O) groups is 1. The maximum atomic E-state index is 13.7. The third kappa shape index (κ3) is 6.71. The number of benzene rings is 3. The van der Waals surface area contributed by atoms with Crippen LogP contribution in [0.25, 0.3) is 6.08 Å². The minimum absolute atomic E-state index is 0.00681. The molecule has 5 nitrogen and oxygen atoms in total. The van der Waals surface area contributed by atoms with Gasteiger partial charge in [-0.1, -0.05) is 55.2 Å². The number of hydrogen-bond donors (Lipinski definition) is 0. The van der Waals surface area contributed by atoms with Crippen molar-refractivity contribution in [1.82, 2.24) is 4.90 Å². The maximum Gasteiger partial charge on any atom is 0.267 e. The summed E-state index contributed by atoms with van der Waals surface area (Å²) in [4.78, 5) is 21.2. The first-order valence-corrected chi connectivity index (χ1v) is 14.3. The van der Waals surface area contributed by atoms with Crippen molar-refractivity contribution >= 4 is 34.6 Å². The predicted octanol–water partition coefficient (Wildman–Crippen LogP) is 8.05. The van der Waals surface area contributed by atoms with E-state index in [1.807, 2.05) is 60.4 Å². The Hall–Kier alpha value is -3.58. The summed E-state index contributed by atoms with van der Waals surface area (Å²) < 4.78 is 25.1. The largest absolute Gasteiger partial charge is 0.490 e. The van der Waals surface area contributed by atoms with Crippen LogP contribution in [0.5, 0.6) is 11.5 Å². The molecule has 5 rings (SSSR count). The van der Waals surface area contributed by atoms with Gasteiger partial charge in [0.05, 0.1) is 17.2 Å². The molecule has 3 aromatic rings. The molecule has 1 heterocycles. The molecular formula is C32H33FN2O3S.